The molecule has 1 atom stereocenters. The molecular formula is C15H14BrClN4O. The molecule has 0 aliphatic heterocycles. The normalized spacial score (nSPS) is 12.5. The van der Waals surface area contributed by atoms with Gasteiger partial charge < -0.3 is 4.42 Å². The Kier molecular flexibility index (Phi) is 4.59. The van der Waals surface area contributed by atoms with Crippen LogP contribution < -0.4 is 0 Å². The molecule has 0 aliphatic carbocycles. The van der Waals surface area contributed by atoms with E-state index in [-0.39, 0.29) is 5.92 Å². The third-order valence-corrected chi connectivity index (χ3v) is 3.86. The summed E-state index contributed by atoms with van der Waals surface area (Å²) in [5.74, 6) is 1.29. The van der Waals surface area contributed by atoms with Crippen LogP contribution in [0.25, 0.3) is 0 Å². The Morgan fingerprint density at radius 3 is 2.95 bits per heavy atom. The van der Waals surface area contributed by atoms with E-state index in [1.165, 1.54) is 0 Å². The molecule has 0 saturated carbocycles. The SMILES string of the molecule is CC(Cn1cc(Br)cn1)c1nnc(Cc2cccc(Cl)c2)o1. The molecule has 7 heteroatoms. The first-order valence-electron chi connectivity index (χ1n) is 6.85. The van der Waals surface area contributed by atoms with Gasteiger partial charge in [0, 0.05) is 11.2 Å². The van der Waals surface area contributed by atoms with E-state index in [2.05, 4.69) is 31.2 Å². The van der Waals surface area contributed by atoms with E-state index < -0.39 is 0 Å². The first-order chi connectivity index (χ1) is 10.6. The van der Waals surface area contributed by atoms with Crippen LogP contribution in [0.2, 0.25) is 5.02 Å². The van der Waals surface area contributed by atoms with Crippen LogP contribution in [0, 0.1) is 0 Å². The predicted octanol–water partition coefficient (Wildman–Crippen LogP) is 4.08. The third kappa shape index (κ3) is 3.75. The molecule has 1 unspecified atom stereocenters. The molecule has 0 amide bonds. The van der Waals surface area contributed by atoms with Crippen molar-refractivity contribution < 1.29 is 4.42 Å². The highest BCUT2D eigenvalue weighted by Gasteiger charge is 2.15. The Balaban J connectivity index is 1.67. The minimum atomic E-state index is 0.0902. The van der Waals surface area contributed by atoms with Crippen LogP contribution in [0.1, 0.15) is 30.2 Å². The van der Waals surface area contributed by atoms with Crippen LogP contribution in [-0.2, 0) is 13.0 Å². The first-order valence-corrected chi connectivity index (χ1v) is 8.02. The first kappa shape index (κ1) is 15.2. The second kappa shape index (κ2) is 6.62. The van der Waals surface area contributed by atoms with Crippen molar-refractivity contribution in [3.63, 3.8) is 0 Å². The Morgan fingerprint density at radius 1 is 1.36 bits per heavy atom. The van der Waals surface area contributed by atoms with Crippen LogP contribution >= 0.6 is 27.5 Å². The highest BCUT2D eigenvalue weighted by atomic mass is 79.9. The van der Waals surface area contributed by atoms with Crippen molar-refractivity contribution in [3.8, 4) is 0 Å². The lowest BCUT2D eigenvalue weighted by atomic mass is 10.1. The molecule has 5 nitrogen and oxygen atoms in total. The van der Waals surface area contributed by atoms with Gasteiger partial charge in [0.1, 0.15) is 0 Å². The molecule has 3 rings (SSSR count). The average molecular weight is 382 g/mol. The van der Waals surface area contributed by atoms with Crippen LogP contribution in [0.3, 0.4) is 0 Å². The van der Waals surface area contributed by atoms with E-state index in [0.29, 0.717) is 29.8 Å². The van der Waals surface area contributed by atoms with Crippen molar-refractivity contribution in [3.05, 3.63) is 63.5 Å². The molecule has 3 aromatic rings. The second-order valence-electron chi connectivity index (χ2n) is 5.12. The lowest BCUT2D eigenvalue weighted by Gasteiger charge is -2.06. The lowest BCUT2D eigenvalue weighted by Crippen LogP contribution is -2.06. The summed E-state index contributed by atoms with van der Waals surface area (Å²) in [5.41, 5.74) is 1.05. The lowest BCUT2D eigenvalue weighted by molar-refractivity contribution is 0.399. The van der Waals surface area contributed by atoms with E-state index in [0.717, 1.165) is 10.0 Å². The highest BCUT2D eigenvalue weighted by molar-refractivity contribution is 9.10. The smallest absolute Gasteiger partial charge is 0.221 e. The molecule has 2 heterocycles. The quantitative estimate of drug-likeness (QED) is 0.668. The van der Waals surface area contributed by atoms with E-state index in [1.807, 2.05) is 42.1 Å². The van der Waals surface area contributed by atoms with Gasteiger partial charge in [-0.15, -0.1) is 10.2 Å². The second-order valence-corrected chi connectivity index (χ2v) is 6.47. The fourth-order valence-corrected chi connectivity index (χ4v) is 2.70. The molecule has 0 N–H and O–H groups in total. The molecule has 2 aromatic heterocycles. The maximum absolute atomic E-state index is 5.98. The van der Waals surface area contributed by atoms with Gasteiger partial charge in [-0.2, -0.15) is 5.10 Å². The number of hydrogen-bond acceptors (Lipinski definition) is 4. The molecule has 0 bridgehead atoms. The maximum Gasteiger partial charge on any atom is 0.221 e. The van der Waals surface area contributed by atoms with Gasteiger partial charge in [0.05, 0.1) is 29.6 Å². The van der Waals surface area contributed by atoms with Crippen molar-refractivity contribution in [1.82, 2.24) is 20.0 Å². The summed E-state index contributed by atoms with van der Waals surface area (Å²) in [6.45, 7) is 2.72. The molecular weight excluding hydrogens is 368 g/mol. The fourth-order valence-electron chi connectivity index (χ4n) is 2.16. The fraction of sp³-hybridized carbons (Fsp3) is 0.267. The molecule has 114 valence electrons. The zero-order valence-electron chi connectivity index (χ0n) is 11.9. The Bertz CT molecular complexity index is 770. The maximum atomic E-state index is 5.98. The summed E-state index contributed by atoms with van der Waals surface area (Å²) in [5, 5.41) is 13.2. The summed E-state index contributed by atoms with van der Waals surface area (Å²) < 4.78 is 8.54. The average Bonchev–Trinajstić information content (AvgIpc) is 3.08. The molecule has 0 spiro atoms. The van der Waals surface area contributed by atoms with E-state index >= 15 is 0 Å². The van der Waals surface area contributed by atoms with Crippen molar-refractivity contribution in [1.29, 1.82) is 0 Å². The van der Waals surface area contributed by atoms with E-state index in [1.54, 1.807) is 6.20 Å². The number of rotatable bonds is 5. The number of halogens is 2. The molecule has 0 radical (unpaired) electrons. The summed E-state index contributed by atoms with van der Waals surface area (Å²) in [6.07, 6.45) is 4.25. The van der Waals surface area contributed by atoms with Crippen LogP contribution in [0.5, 0.6) is 0 Å². The zero-order chi connectivity index (χ0) is 15.5. The Morgan fingerprint density at radius 2 is 2.23 bits per heavy atom. The Labute approximate surface area is 141 Å². The summed E-state index contributed by atoms with van der Waals surface area (Å²) in [6, 6.07) is 7.64. The predicted molar refractivity (Wildman–Crippen MR) is 86.9 cm³/mol. The molecule has 1 aromatic carbocycles. The largest absolute Gasteiger partial charge is 0.425 e. The van der Waals surface area contributed by atoms with Crippen molar-refractivity contribution in [2.45, 2.75) is 25.8 Å². The number of hydrogen-bond donors (Lipinski definition) is 0. The number of aromatic nitrogens is 4. The third-order valence-electron chi connectivity index (χ3n) is 3.21. The standard InChI is InChI=1S/C15H14BrClN4O/c1-10(8-21-9-12(16)7-18-21)15-20-19-14(22-15)6-11-3-2-4-13(17)5-11/h2-5,7,9-10H,6,8H2,1H3. The van der Waals surface area contributed by atoms with Gasteiger partial charge in [-0.3, -0.25) is 4.68 Å². The van der Waals surface area contributed by atoms with Crippen LogP contribution in [-0.4, -0.2) is 20.0 Å². The van der Waals surface area contributed by atoms with Crippen LogP contribution in [0.15, 0.2) is 45.5 Å². The van der Waals surface area contributed by atoms with E-state index in [4.69, 9.17) is 16.0 Å². The van der Waals surface area contributed by atoms with Gasteiger partial charge in [-0.25, -0.2) is 0 Å². The van der Waals surface area contributed by atoms with Gasteiger partial charge in [-0.1, -0.05) is 30.7 Å². The number of benzene rings is 1. The molecule has 22 heavy (non-hydrogen) atoms. The van der Waals surface area contributed by atoms with Crippen LogP contribution in [0.4, 0.5) is 0 Å². The van der Waals surface area contributed by atoms with Gasteiger partial charge >= 0.3 is 0 Å². The number of nitrogens with zero attached hydrogens (tertiary/aromatic N) is 4. The monoisotopic (exact) mass is 380 g/mol. The van der Waals surface area contributed by atoms with E-state index in [9.17, 15) is 0 Å². The van der Waals surface area contributed by atoms with Gasteiger partial charge in [-0.05, 0) is 33.6 Å². The Hall–Kier alpha value is -1.66. The minimum Gasteiger partial charge on any atom is -0.425 e. The van der Waals surface area contributed by atoms with Gasteiger partial charge in [0.15, 0.2) is 0 Å². The van der Waals surface area contributed by atoms with Crippen molar-refractivity contribution in [2.75, 3.05) is 0 Å². The molecule has 0 fully saturated rings. The summed E-state index contributed by atoms with van der Waals surface area (Å²) in [4.78, 5) is 0. The van der Waals surface area contributed by atoms with Crippen molar-refractivity contribution in [2.24, 2.45) is 0 Å². The zero-order valence-corrected chi connectivity index (χ0v) is 14.3. The molecule has 0 aliphatic rings. The van der Waals surface area contributed by atoms with Crippen molar-refractivity contribution >= 4 is 27.5 Å². The summed E-state index contributed by atoms with van der Waals surface area (Å²) in [7, 11) is 0. The highest BCUT2D eigenvalue weighted by Crippen LogP contribution is 2.19. The van der Waals surface area contributed by atoms with Gasteiger partial charge in [0.25, 0.3) is 0 Å². The molecule has 0 saturated heterocycles. The summed E-state index contributed by atoms with van der Waals surface area (Å²) >= 11 is 9.36. The van der Waals surface area contributed by atoms with Gasteiger partial charge in [0.2, 0.25) is 11.8 Å². The minimum absolute atomic E-state index is 0.0902. The topological polar surface area (TPSA) is 56.7 Å².